The van der Waals surface area contributed by atoms with Crippen LogP contribution in [0.15, 0.2) is 64.0 Å². The van der Waals surface area contributed by atoms with Gasteiger partial charge in [0.15, 0.2) is 21.3 Å². The van der Waals surface area contributed by atoms with E-state index in [1.807, 2.05) is 0 Å². The highest BCUT2D eigenvalue weighted by molar-refractivity contribution is 7.92. The number of hydrogen-bond donors (Lipinski definition) is 2. The zero-order chi connectivity index (χ0) is 22.9. The fourth-order valence-electron chi connectivity index (χ4n) is 2.97. The number of rotatable bonds is 6. The maximum absolute atomic E-state index is 12.3. The van der Waals surface area contributed by atoms with Crippen LogP contribution >= 0.6 is 0 Å². The number of aromatic nitrogens is 4. The topological polar surface area (TPSA) is 145 Å². The molecule has 3 N–H and O–H groups in total. The molecular weight excluding hydrogens is 430 g/mol. The van der Waals surface area contributed by atoms with E-state index in [4.69, 9.17) is 10.2 Å². The second kappa shape index (κ2) is 8.48. The van der Waals surface area contributed by atoms with Crippen LogP contribution in [0.25, 0.3) is 34.3 Å². The molecular formula is C22H21N5O4S. The summed E-state index contributed by atoms with van der Waals surface area (Å²) in [6, 6.07) is 13.5. The maximum Gasteiger partial charge on any atom is 0.270 e. The van der Waals surface area contributed by atoms with Gasteiger partial charge in [0.2, 0.25) is 5.89 Å². The van der Waals surface area contributed by atoms with Gasteiger partial charge in [0.25, 0.3) is 5.89 Å². The summed E-state index contributed by atoms with van der Waals surface area (Å²) in [6.45, 7) is 3.22. The predicted octanol–water partition coefficient (Wildman–Crippen LogP) is 3.12. The number of nitrogen functional groups attached to an aromatic ring is 1. The molecule has 9 nitrogen and oxygen atoms in total. The summed E-state index contributed by atoms with van der Waals surface area (Å²) in [7, 11) is -3.37. The summed E-state index contributed by atoms with van der Waals surface area (Å²) in [6.07, 6.45) is 1.50. The summed E-state index contributed by atoms with van der Waals surface area (Å²) >= 11 is 0. The van der Waals surface area contributed by atoms with Gasteiger partial charge in [-0.2, -0.15) is 0 Å². The minimum atomic E-state index is -3.37. The number of nitrogens with zero attached hydrogens (tertiary/aromatic N) is 4. The molecule has 164 valence electrons. The van der Waals surface area contributed by atoms with Crippen molar-refractivity contribution in [2.75, 3.05) is 5.73 Å². The van der Waals surface area contributed by atoms with Crippen molar-refractivity contribution in [1.82, 2.24) is 20.2 Å². The SMILES string of the molecule is CC(C)S(=O)(=O)c1ccc(-c2cnc(N)c(-c3nnc(-c4ccc(CO)cc4)o3)n2)cc1. The summed E-state index contributed by atoms with van der Waals surface area (Å²) in [5, 5.41) is 16.7. The zero-order valence-electron chi connectivity index (χ0n) is 17.4. The Hall–Kier alpha value is -3.63. The molecule has 0 aliphatic rings. The Morgan fingerprint density at radius 1 is 0.969 bits per heavy atom. The average molecular weight is 452 g/mol. The zero-order valence-corrected chi connectivity index (χ0v) is 18.2. The molecule has 0 unspecified atom stereocenters. The van der Waals surface area contributed by atoms with E-state index in [1.165, 1.54) is 6.20 Å². The first kappa shape index (κ1) is 21.6. The molecule has 2 aromatic carbocycles. The molecule has 0 saturated heterocycles. The van der Waals surface area contributed by atoms with Crippen molar-refractivity contribution in [2.45, 2.75) is 30.6 Å². The maximum atomic E-state index is 12.3. The first-order chi connectivity index (χ1) is 15.3. The van der Waals surface area contributed by atoms with Gasteiger partial charge in [0.05, 0.1) is 28.6 Å². The van der Waals surface area contributed by atoms with Crippen molar-refractivity contribution in [3.8, 4) is 34.3 Å². The number of aliphatic hydroxyl groups excluding tert-OH is 1. The molecule has 0 spiro atoms. The number of benzene rings is 2. The Bertz CT molecular complexity index is 1350. The molecule has 10 heteroatoms. The fourth-order valence-corrected chi connectivity index (χ4v) is 4.03. The monoisotopic (exact) mass is 451 g/mol. The van der Waals surface area contributed by atoms with E-state index in [0.29, 0.717) is 16.8 Å². The van der Waals surface area contributed by atoms with Crippen LogP contribution in [0.5, 0.6) is 0 Å². The van der Waals surface area contributed by atoms with E-state index in [0.717, 1.165) is 5.56 Å². The molecule has 0 radical (unpaired) electrons. The molecule has 0 bridgehead atoms. The summed E-state index contributed by atoms with van der Waals surface area (Å²) in [5.41, 5.74) is 8.82. The fraction of sp³-hybridized carbons (Fsp3) is 0.182. The molecule has 0 saturated carbocycles. The Balaban J connectivity index is 1.66. The smallest absolute Gasteiger partial charge is 0.270 e. The largest absolute Gasteiger partial charge is 0.414 e. The lowest BCUT2D eigenvalue weighted by atomic mass is 10.1. The molecule has 4 rings (SSSR count). The van der Waals surface area contributed by atoms with E-state index in [9.17, 15) is 13.5 Å². The lowest BCUT2D eigenvalue weighted by Gasteiger charge is -2.09. The van der Waals surface area contributed by atoms with Gasteiger partial charge in [0.1, 0.15) is 0 Å². The Labute approximate surface area is 184 Å². The van der Waals surface area contributed by atoms with E-state index < -0.39 is 15.1 Å². The van der Waals surface area contributed by atoms with Crippen molar-refractivity contribution in [3.05, 3.63) is 60.3 Å². The molecule has 0 atom stereocenters. The van der Waals surface area contributed by atoms with Gasteiger partial charge in [-0.1, -0.05) is 24.3 Å². The normalized spacial score (nSPS) is 11.8. The van der Waals surface area contributed by atoms with Crippen LogP contribution in [-0.4, -0.2) is 38.9 Å². The lowest BCUT2D eigenvalue weighted by molar-refractivity contribution is 0.282. The average Bonchev–Trinajstić information content (AvgIpc) is 3.29. The third-order valence-corrected chi connectivity index (χ3v) is 7.08. The number of hydrogen-bond acceptors (Lipinski definition) is 9. The number of sulfone groups is 1. The van der Waals surface area contributed by atoms with Gasteiger partial charge >= 0.3 is 0 Å². The van der Waals surface area contributed by atoms with E-state index in [1.54, 1.807) is 62.4 Å². The standard InChI is InChI=1S/C22H21N5O4S/c1-13(2)32(29,30)17-9-7-15(8-10-17)18-11-24-20(23)19(25-18)22-27-26-21(31-22)16-5-3-14(12-28)4-6-16/h3-11,13,28H,12H2,1-2H3,(H2,23,24). The van der Waals surface area contributed by atoms with E-state index in [-0.39, 0.29) is 34.8 Å². The second-order valence-electron chi connectivity index (χ2n) is 7.37. The highest BCUT2D eigenvalue weighted by Gasteiger charge is 2.20. The van der Waals surface area contributed by atoms with Crippen molar-refractivity contribution in [3.63, 3.8) is 0 Å². The highest BCUT2D eigenvalue weighted by Crippen LogP contribution is 2.28. The summed E-state index contributed by atoms with van der Waals surface area (Å²) in [4.78, 5) is 8.93. The van der Waals surface area contributed by atoms with Gasteiger partial charge in [-0.3, -0.25) is 0 Å². The van der Waals surface area contributed by atoms with Gasteiger partial charge in [-0.15, -0.1) is 10.2 Å². The molecule has 0 aliphatic carbocycles. The van der Waals surface area contributed by atoms with Crippen LogP contribution in [-0.2, 0) is 16.4 Å². The molecule has 0 amide bonds. The third kappa shape index (κ3) is 4.10. The molecule has 0 fully saturated rings. The van der Waals surface area contributed by atoms with Crippen molar-refractivity contribution < 1.29 is 17.9 Å². The summed E-state index contributed by atoms with van der Waals surface area (Å²) in [5.74, 6) is 0.509. The molecule has 4 aromatic rings. The Morgan fingerprint density at radius 3 is 2.22 bits per heavy atom. The second-order valence-corrected chi connectivity index (χ2v) is 9.88. The van der Waals surface area contributed by atoms with Gasteiger partial charge in [-0.05, 0) is 43.7 Å². The van der Waals surface area contributed by atoms with Crippen LogP contribution in [0.4, 0.5) is 5.82 Å². The number of anilines is 1. The first-order valence-corrected chi connectivity index (χ1v) is 11.3. The molecule has 0 aliphatic heterocycles. The van der Waals surface area contributed by atoms with Gasteiger partial charge < -0.3 is 15.3 Å². The van der Waals surface area contributed by atoms with Crippen LogP contribution < -0.4 is 5.73 Å². The van der Waals surface area contributed by atoms with Gasteiger partial charge in [-0.25, -0.2) is 18.4 Å². The van der Waals surface area contributed by atoms with Crippen molar-refractivity contribution >= 4 is 15.7 Å². The minimum Gasteiger partial charge on any atom is -0.414 e. The molecule has 2 aromatic heterocycles. The quantitative estimate of drug-likeness (QED) is 0.451. The lowest BCUT2D eigenvalue weighted by Crippen LogP contribution is -2.13. The van der Waals surface area contributed by atoms with Gasteiger partial charge in [0, 0.05) is 11.1 Å². The molecule has 2 heterocycles. The Kier molecular flexibility index (Phi) is 5.72. The van der Waals surface area contributed by atoms with Crippen molar-refractivity contribution in [2.24, 2.45) is 0 Å². The highest BCUT2D eigenvalue weighted by atomic mass is 32.2. The van der Waals surface area contributed by atoms with E-state index in [2.05, 4.69) is 20.2 Å². The van der Waals surface area contributed by atoms with Crippen LogP contribution in [0.3, 0.4) is 0 Å². The van der Waals surface area contributed by atoms with Crippen molar-refractivity contribution in [1.29, 1.82) is 0 Å². The third-order valence-electron chi connectivity index (χ3n) is 4.91. The summed E-state index contributed by atoms with van der Waals surface area (Å²) < 4.78 is 30.4. The minimum absolute atomic E-state index is 0.0569. The van der Waals surface area contributed by atoms with Crippen LogP contribution in [0.2, 0.25) is 0 Å². The first-order valence-electron chi connectivity index (χ1n) is 9.80. The number of aliphatic hydroxyl groups is 1. The van der Waals surface area contributed by atoms with Crippen LogP contribution in [0.1, 0.15) is 19.4 Å². The van der Waals surface area contributed by atoms with Crippen LogP contribution in [0, 0.1) is 0 Å². The number of nitrogens with two attached hydrogens (primary N) is 1. The molecule has 32 heavy (non-hydrogen) atoms. The van der Waals surface area contributed by atoms with E-state index >= 15 is 0 Å². The Morgan fingerprint density at radius 2 is 1.59 bits per heavy atom. The predicted molar refractivity (Wildman–Crippen MR) is 119 cm³/mol.